The molecule has 0 aliphatic carbocycles. The smallest absolute Gasteiger partial charge is 0.338 e. The fraction of sp³-hybridized carbons (Fsp3) is 0.400. The van der Waals surface area contributed by atoms with E-state index in [0.29, 0.717) is 36.0 Å². The monoisotopic (exact) mass is 388 g/mol. The van der Waals surface area contributed by atoms with Crippen molar-refractivity contribution in [3.8, 4) is 17.6 Å². The van der Waals surface area contributed by atoms with Crippen LogP contribution in [0.5, 0.6) is 11.5 Å². The summed E-state index contributed by atoms with van der Waals surface area (Å²) in [6, 6.07) is 7.21. The number of nitriles is 1. The zero-order valence-electron chi connectivity index (χ0n) is 16.4. The highest BCUT2D eigenvalue weighted by atomic mass is 16.5. The van der Waals surface area contributed by atoms with Crippen molar-refractivity contribution in [1.29, 1.82) is 5.26 Å². The molecule has 0 bridgehead atoms. The Bertz CT molecular complexity index is 838. The summed E-state index contributed by atoms with van der Waals surface area (Å²) >= 11 is 0. The van der Waals surface area contributed by atoms with E-state index in [2.05, 4.69) is 0 Å². The maximum atomic E-state index is 12.6. The summed E-state index contributed by atoms with van der Waals surface area (Å²) in [5, 5.41) is 9.62. The average Bonchev–Trinajstić information content (AvgIpc) is 2.68. The Morgan fingerprint density at radius 1 is 1.29 bits per heavy atom. The first-order valence-corrected chi connectivity index (χ1v) is 8.73. The Labute approximate surface area is 164 Å². The molecule has 1 unspecified atom stereocenters. The summed E-state index contributed by atoms with van der Waals surface area (Å²) in [6.45, 7) is 4.29. The molecule has 2 rings (SSSR count). The number of carbonyl (C=O) groups is 1. The van der Waals surface area contributed by atoms with E-state index in [4.69, 9.17) is 29.4 Å². The third kappa shape index (κ3) is 4.38. The number of hydrogen-bond donors (Lipinski definition) is 1. The number of methoxy groups -OCH3 is 2. The molecule has 1 atom stereocenters. The van der Waals surface area contributed by atoms with Gasteiger partial charge in [0.25, 0.3) is 0 Å². The van der Waals surface area contributed by atoms with E-state index in [1.54, 1.807) is 39.2 Å². The number of nitrogens with zero attached hydrogens (tertiary/aromatic N) is 1. The van der Waals surface area contributed by atoms with Crippen molar-refractivity contribution in [2.75, 3.05) is 34.0 Å². The molecule has 150 valence electrons. The van der Waals surface area contributed by atoms with Gasteiger partial charge >= 0.3 is 5.97 Å². The maximum absolute atomic E-state index is 12.6. The highest BCUT2D eigenvalue weighted by Gasteiger charge is 2.36. The van der Waals surface area contributed by atoms with E-state index in [0.717, 1.165) is 0 Å². The lowest BCUT2D eigenvalue weighted by molar-refractivity contribution is -0.139. The van der Waals surface area contributed by atoms with E-state index in [-0.39, 0.29) is 23.6 Å². The molecule has 0 saturated carbocycles. The molecule has 1 aliphatic heterocycles. The zero-order chi connectivity index (χ0) is 20.7. The molecule has 1 aliphatic rings. The minimum absolute atomic E-state index is 0.0440. The first kappa shape index (κ1) is 21.1. The van der Waals surface area contributed by atoms with Crippen molar-refractivity contribution in [2.45, 2.75) is 19.8 Å². The van der Waals surface area contributed by atoms with Crippen LogP contribution in [-0.2, 0) is 19.0 Å². The maximum Gasteiger partial charge on any atom is 0.338 e. The third-order valence-electron chi connectivity index (χ3n) is 4.17. The largest absolute Gasteiger partial charge is 0.493 e. The van der Waals surface area contributed by atoms with Crippen molar-refractivity contribution in [3.63, 3.8) is 0 Å². The van der Waals surface area contributed by atoms with Gasteiger partial charge in [0.05, 0.1) is 31.8 Å². The van der Waals surface area contributed by atoms with Gasteiger partial charge in [0.15, 0.2) is 11.5 Å². The van der Waals surface area contributed by atoms with Gasteiger partial charge in [0.2, 0.25) is 5.88 Å². The lowest BCUT2D eigenvalue weighted by Gasteiger charge is -2.27. The second-order valence-electron chi connectivity index (χ2n) is 5.87. The standard InChI is InChI=1S/C20H24N2O6/c1-5-26-20(23)17-12(2)28-19(22)14(11-21)18(17)13-6-7-15(16(10-13)25-4)27-9-8-24-3/h6-7,10,18H,5,8-9,22H2,1-4H3. The lowest BCUT2D eigenvalue weighted by atomic mass is 9.83. The van der Waals surface area contributed by atoms with Crippen LogP contribution in [0.2, 0.25) is 0 Å². The minimum Gasteiger partial charge on any atom is -0.493 e. The van der Waals surface area contributed by atoms with E-state index in [1.807, 2.05) is 6.07 Å². The quantitative estimate of drug-likeness (QED) is 0.533. The lowest BCUT2D eigenvalue weighted by Crippen LogP contribution is -2.25. The highest BCUT2D eigenvalue weighted by molar-refractivity contribution is 5.92. The normalized spacial score (nSPS) is 16.3. The Balaban J connectivity index is 2.51. The van der Waals surface area contributed by atoms with E-state index >= 15 is 0 Å². The van der Waals surface area contributed by atoms with Crippen molar-refractivity contribution in [1.82, 2.24) is 0 Å². The van der Waals surface area contributed by atoms with E-state index in [9.17, 15) is 10.1 Å². The molecule has 0 fully saturated rings. The Hall–Kier alpha value is -3.18. The van der Waals surface area contributed by atoms with Crippen LogP contribution in [0.25, 0.3) is 0 Å². The van der Waals surface area contributed by atoms with Gasteiger partial charge in [-0.25, -0.2) is 4.79 Å². The number of esters is 1. The number of allylic oxidation sites excluding steroid dienone is 2. The summed E-state index contributed by atoms with van der Waals surface area (Å²) in [5.74, 6) is -0.0813. The topological polar surface area (TPSA) is 113 Å². The first-order valence-electron chi connectivity index (χ1n) is 8.73. The molecular weight excluding hydrogens is 364 g/mol. The van der Waals surface area contributed by atoms with Gasteiger partial charge < -0.3 is 29.4 Å². The number of hydrogen-bond acceptors (Lipinski definition) is 8. The van der Waals surface area contributed by atoms with Crippen LogP contribution in [0.1, 0.15) is 25.3 Å². The van der Waals surface area contributed by atoms with Crippen molar-refractivity contribution in [3.05, 3.63) is 46.6 Å². The second-order valence-corrected chi connectivity index (χ2v) is 5.87. The molecule has 28 heavy (non-hydrogen) atoms. The van der Waals surface area contributed by atoms with Gasteiger partial charge in [0.1, 0.15) is 24.0 Å². The van der Waals surface area contributed by atoms with Gasteiger partial charge in [-0.15, -0.1) is 0 Å². The fourth-order valence-corrected chi connectivity index (χ4v) is 2.91. The Morgan fingerprint density at radius 3 is 2.64 bits per heavy atom. The minimum atomic E-state index is -0.736. The molecule has 0 spiro atoms. The average molecular weight is 388 g/mol. The zero-order valence-corrected chi connectivity index (χ0v) is 16.4. The molecule has 8 heteroatoms. The van der Waals surface area contributed by atoms with Gasteiger partial charge in [-0.1, -0.05) is 6.07 Å². The molecule has 0 amide bonds. The van der Waals surface area contributed by atoms with E-state index < -0.39 is 11.9 Å². The highest BCUT2D eigenvalue weighted by Crippen LogP contribution is 2.42. The van der Waals surface area contributed by atoms with Crippen LogP contribution in [-0.4, -0.2) is 40.0 Å². The van der Waals surface area contributed by atoms with Gasteiger partial charge in [0, 0.05) is 7.11 Å². The van der Waals surface area contributed by atoms with Crippen LogP contribution < -0.4 is 15.2 Å². The van der Waals surface area contributed by atoms with Crippen LogP contribution in [0.15, 0.2) is 41.0 Å². The van der Waals surface area contributed by atoms with Crippen LogP contribution in [0.3, 0.4) is 0 Å². The predicted molar refractivity (Wildman–Crippen MR) is 100 cm³/mol. The molecule has 1 aromatic rings. The van der Waals surface area contributed by atoms with Gasteiger partial charge in [-0.2, -0.15) is 5.26 Å². The molecular formula is C20H24N2O6. The molecule has 0 aromatic heterocycles. The number of nitrogens with two attached hydrogens (primary N) is 1. The van der Waals surface area contributed by atoms with Crippen molar-refractivity contribution >= 4 is 5.97 Å². The van der Waals surface area contributed by atoms with Gasteiger partial charge in [-0.05, 0) is 31.5 Å². The molecule has 0 saturated heterocycles. The van der Waals surface area contributed by atoms with E-state index in [1.165, 1.54) is 7.11 Å². The van der Waals surface area contributed by atoms with Crippen LogP contribution in [0.4, 0.5) is 0 Å². The SMILES string of the molecule is CCOC(=O)C1=C(C)OC(N)=C(C#N)C1c1ccc(OCCOC)c(OC)c1. The molecule has 0 radical (unpaired) electrons. The summed E-state index contributed by atoms with van der Waals surface area (Å²) in [6.07, 6.45) is 0. The predicted octanol–water partition coefficient (Wildman–Crippen LogP) is 2.37. The molecule has 2 N–H and O–H groups in total. The number of rotatable bonds is 8. The summed E-state index contributed by atoms with van der Waals surface area (Å²) in [4.78, 5) is 12.6. The molecule has 1 aromatic carbocycles. The summed E-state index contributed by atoms with van der Waals surface area (Å²) in [7, 11) is 3.09. The van der Waals surface area contributed by atoms with Crippen molar-refractivity contribution in [2.24, 2.45) is 5.73 Å². The molecule has 8 nitrogen and oxygen atoms in total. The number of ether oxygens (including phenoxy) is 5. The summed E-state index contributed by atoms with van der Waals surface area (Å²) < 4.78 is 26.6. The Morgan fingerprint density at radius 2 is 2.04 bits per heavy atom. The number of benzene rings is 1. The van der Waals surface area contributed by atoms with Crippen molar-refractivity contribution < 1.29 is 28.5 Å². The third-order valence-corrected chi connectivity index (χ3v) is 4.17. The second kappa shape index (κ2) is 9.67. The molecule has 1 heterocycles. The fourth-order valence-electron chi connectivity index (χ4n) is 2.91. The Kier molecular flexibility index (Phi) is 7.29. The number of carbonyl (C=O) groups excluding carboxylic acids is 1. The van der Waals surface area contributed by atoms with Crippen LogP contribution >= 0.6 is 0 Å². The van der Waals surface area contributed by atoms with Crippen LogP contribution in [0, 0.1) is 11.3 Å². The summed E-state index contributed by atoms with van der Waals surface area (Å²) in [5.41, 5.74) is 6.88. The first-order chi connectivity index (χ1) is 13.5. The van der Waals surface area contributed by atoms with Gasteiger partial charge in [-0.3, -0.25) is 0 Å².